The van der Waals surface area contributed by atoms with Crippen molar-refractivity contribution in [1.29, 1.82) is 0 Å². The van der Waals surface area contributed by atoms with Gasteiger partial charge in [0.2, 0.25) is 0 Å². The van der Waals surface area contributed by atoms with Gasteiger partial charge in [0.1, 0.15) is 11.6 Å². The summed E-state index contributed by atoms with van der Waals surface area (Å²) >= 11 is 0. The third-order valence-electron chi connectivity index (χ3n) is 7.78. The summed E-state index contributed by atoms with van der Waals surface area (Å²) in [5.74, 6) is 3.53. The molecule has 2 heteroatoms. The summed E-state index contributed by atoms with van der Waals surface area (Å²) in [4.78, 5) is 25.3. The average Bonchev–Trinajstić information content (AvgIpc) is 3.15. The molecule has 5 rings (SSSR count). The summed E-state index contributed by atoms with van der Waals surface area (Å²) in [5.41, 5.74) is 0.391. The van der Waals surface area contributed by atoms with Gasteiger partial charge in [-0.25, -0.2) is 0 Å². The predicted molar refractivity (Wildman–Crippen MR) is 74.8 cm³/mol. The molecule has 0 aromatic rings. The van der Waals surface area contributed by atoms with Crippen LogP contribution in [0.25, 0.3) is 0 Å². The zero-order valence-electron chi connectivity index (χ0n) is 11.9. The molecule has 2 nitrogen and oxygen atoms in total. The SMILES string of the molecule is C=CCC1C(=O)C2C3C(=O)CC4C1C2C1(CCCC1)C43. The third kappa shape index (κ3) is 0.981. The van der Waals surface area contributed by atoms with E-state index in [0.29, 0.717) is 40.7 Å². The molecule has 0 radical (unpaired) electrons. The molecule has 0 saturated heterocycles. The number of carbonyl (C=O) groups excluding carboxylic acids is 2. The van der Waals surface area contributed by atoms with Crippen LogP contribution in [0.4, 0.5) is 0 Å². The second kappa shape index (κ2) is 3.45. The molecule has 5 aliphatic rings. The third-order valence-corrected chi connectivity index (χ3v) is 7.78. The summed E-state index contributed by atoms with van der Waals surface area (Å²) in [6, 6.07) is 0. The number of Topliss-reactive ketones (excluding diaryl/α,β-unsaturated/α-hetero) is 2. The zero-order valence-corrected chi connectivity index (χ0v) is 11.9. The fourth-order valence-electron chi connectivity index (χ4n) is 7.73. The van der Waals surface area contributed by atoms with Gasteiger partial charge >= 0.3 is 0 Å². The minimum absolute atomic E-state index is 0.110. The van der Waals surface area contributed by atoms with Crippen molar-refractivity contribution < 1.29 is 9.59 Å². The van der Waals surface area contributed by atoms with Crippen LogP contribution in [0.2, 0.25) is 0 Å². The average molecular weight is 270 g/mol. The Labute approximate surface area is 120 Å². The highest BCUT2D eigenvalue weighted by atomic mass is 16.1. The topological polar surface area (TPSA) is 34.1 Å². The van der Waals surface area contributed by atoms with Crippen LogP contribution in [0.3, 0.4) is 0 Å². The van der Waals surface area contributed by atoms with Crippen molar-refractivity contribution in [2.24, 2.45) is 46.8 Å². The molecule has 0 amide bonds. The Bertz CT molecular complexity index is 528. The number of allylic oxidation sites excluding steroid dienone is 1. The molecule has 7 unspecified atom stereocenters. The van der Waals surface area contributed by atoms with Crippen LogP contribution in [0.5, 0.6) is 0 Å². The lowest BCUT2D eigenvalue weighted by molar-refractivity contribution is -0.131. The van der Waals surface area contributed by atoms with E-state index < -0.39 is 0 Å². The summed E-state index contributed by atoms with van der Waals surface area (Å²) in [5, 5.41) is 0. The van der Waals surface area contributed by atoms with Crippen LogP contribution in [0.1, 0.15) is 38.5 Å². The number of hydrogen-bond donors (Lipinski definition) is 0. The summed E-state index contributed by atoms with van der Waals surface area (Å²) in [6.07, 6.45) is 8.79. The molecule has 5 fully saturated rings. The van der Waals surface area contributed by atoms with Gasteiger partial charge in [0.15, 0.2) is 0 Å². The Morgan fingerprint density at radius 3 is 2.60 bits per heavy atom. The second-order valence-electron chi connectivity index (χ2n) is 7.99. The minimum Gasteiger partial charge on any atom is -0.299 e. The first-order valence-electron chi connectivity index (χ1n) is 8.38. The highest BCUT2D eigenvalue weighted by molar-refractivity contribution is 5.97. The zero-order chi connectivity index (χ0) is 13.6. The Morgan fingerprint density at radius 1 is 1.15 bits per heavy atom. The summed E-state index contributed by atoms with van der Waals surface area (Å²) < 4.78 is 0. The van der Waals surface area contributed by atoms with Crippen molar-refractivity contribution in [3.63, 3.8) is 0 Å². The maximum Gasteiger partial charge on any atom is 0.140 e. The first kappa shape index (κ1) is 11.7. The highest BCUT2D eigenvalue weighted by Crippen LogP contribution is 2.80. The van der Waals surface area contributed by atoms with Crippen molar-refractivity contribution in [1.82, 2.24) is 0 Å². The highest BCUT2D eigenvalue weighted by Gasteiger charge is 2.80. The smallest absolute Gasteiger partial charge is 0.140 e. The quantitative estimate of drug-likeness (QED) is 0.723. The van der Waals surface area contributed by atoms with E-state index in [4.69, 9.17) is 0 Å². The molecule has 1 spiro atoms. The van der Waals surface area contributed by atoms with Crippen LogP contribution >= 0.6 is 0 Å². The molecule has 0 heterocycles. The van der Waals surface area contributed by atoms with E-state index in [1.807, 2.05) is 6.08 Å². The standard InChI is InChI=1S/C18H22O2/c1-2-5-9-12-10-8-11(19)13-14(17(9)20)16(12)18(15(10)13)6-3-4-7-18/h2,9-10,12-16H,1,3-8H2. The van der Waals surface area contributed by atoms with Gasteiger partial charge in [-0.3, -0.25) is 9.59 Å². The molecule has 0 aromatic carbocycles. The second-order valence-corrected chi connectivity index (χ2v) is 7.99. The van der Waals surface area contributed by atoms with E-state index in [9.17, 15) is 9.59 Å². The molecule has 5 aliphatic carbocycles. The molecule has 0 N–H and O–H groups in total. The number of rotatable bonds is 2. The van der Waals surface area contributed by atoms with Crippen molar-refractivity contribution >= 4 is 11.6 Å². The Hall–Kier alpha value is -0.920. The normalized spacial score (nSPS) is 53.5. The molecular formula is C18H22O2. The summed E-state index contributed by atoms with van der Waals surface area (Å²) in [6.45, 7) is 3.86. The van der Waals surface area contributed by atoms with Crippen LogP contribution in [0, 0.1) is 46.8 Å². The van der Waals surface area contributed by atoms with E-state index in [0.717, 1.165) is 12.8 Å². The van der Waals surface area contributed by atoms with Crippen molar-refractivity contribution in [2.45, 2.75) is 38.5 Å². The van der Waals surface area contributed by atoms with E-state index >= 15 is 0 Å². The fraction of sp³-hybridized carbons (Fsp3) is 0.778. The van der Waals surface area contributed by atoms with Gasteiger partial charge in [-0.1, -0.05) is 18.9 Å². The maximum absolute atomic E-state index is 12.9. The number of hydrogen-bond acceptors (Lipinski definition) is 2. The largest absolute Gasteiger partial charge is 0.299 e. The van der Waals surface area contributed by atoms with Crippen LogP contribution in [-0.4, -0.2) is 11.6 Å². The minimum atomic E-state index is 0.110. The molecular weight excluding hydrogens is 248 g/mol. The molecule has 20 heavy (non-hydrogen) atoms. The van der Waals surface area contributed by atoms with Gasteiger partial charge in [-0.15, -0.1) is 6.58 Å². The molecule has 2 bridgehead atoms. The Kier molecular flexibility index (Phi) is 2.02. The van der Waals surface area contributed by atoms with Gasteiger partial charge in [-0.2, -0.15) is 0 Å². The molecule has 0 aliphatic heterocycles. The summed E-state index contributed by atoms with van der Waals surface area (Å²) in [7, 11) is 0. The van der Waals surface area contributed by atoms with Crippen LogP contribution < -0.4 is 0 Å². The lowest BCUT2D eigenvalue weighted by Gasteiger charge is -2.30. The van der Waals surface area contributed by atoms with Gasteiger partial charge < -0.3 is 0 Å². The van der Waals surface area contributed by atoms with Crippen LogP contribution in [0.15, 0.2) is 12.7 Å². The van der Waals surface area contributed by atoms with E-state index in [1.54, 1.807) is 0 Å². The maximum atomic E-state index is 12.9. The van der Waals surface area contributed by atoms with E-state index in [1.165, 1.54) is 25.7 Å². The molecule has 7 atom stereocenters. The number of carbonyl (C=O) groups is 2. The first-order chi connectivity index (χ1) is 9.70. The number of ketones is 2. The molecule has 0 aromatic heterocycles. The fourth-order valence-corrected chi connectivity index (χ4v) is 7.73. The van der Waals surface area contributed by atoms with Crippen molar-refractivity contribution in [3.8, 4) is 0 Å². The van der Waals surface area contributed by atoms with Crippen molar-refractivity contribution in [2.75, 3.05) is 0 Å². The Balaban J connectivity index is 1.69. The number of fused-ring (bicyclic) bond motifs is 2. The van der Waals surface area contributed by atoms with Gasteiger partial charge in [0, 0.05) is 24.2 Å². The van der Waals surface area contributed by atoms with Crippen LogP contribution in [-0.2, 0) is 9.59 Å². The predicted octanol–water partition coefficient (Wildman–Crippen LogP) is 3.02. The van der Waals surface area contributed by atoms with E-state index in [-0.39, 0.29) is 17.8 Å². The van der Waals surface area contributed by atoms with Gasteiger partial charge in [0.05, 0.1) is 0 Å². The van der Waals surface area contributed by atoms with E-state index in [2.05, 4.69) is 6.58 Å². The van der Waals surface area contributed by atoms with Gasteiger partial charge in [0.25, 0.3) is 0 Å². The van der Waals surface area contributed by atoms with Crippen molar-refractivity contribution in [3.05, 3.63) is 12.7 Å². The molecule has 5 saturated carbocycles. The Morgan fingerprint density at radius 2 is 1.90 bits per heavy atom. The van der Waals surface area contributed by atoms with Gasteiger partial charge in [-0.05, 0) is 48.3 Å². The molecule has 106 valence electrons. The first-order valence-corrected chi connectivity index (χ1v) is 8.38. The lowest BCUT2D eigenvalue weighted by Crippen LogP contribution is -2.26. The lowest BCUT2D eigenvalue weighted by atomic mass is 9.74. The monoisotopic (exact) mass is 270 g/mol.